The summed E-state index contributed by atoms with van der Waals surface area (Å²) in [6.45, 7) is 2.67. The van der Waals surface area contributed by atoms with Crippen LogP contribution in [0, 0.1) is 0 Å². The average Bonchev–Trinajstić information content (AvgIpc) is 2.41. The molecule has 2 N–H and O–H groups in total. The van der Waals surface area contributed by atoms with Crippen molar-refractivity contribution in [3.63, 3.8) is 0 Å². The molecule has 0 aliphatic carbocycles. The zero-order valence-corrected chi connectivity index (χ0v) is 13.5. The maximum absolute atomic E-state index is 12.0. The number of carbonyl (C=O) groups is 2. The minimum Gasteiger partial charge on any atom is -0.478 e. The summed E-state index contributed by atoms with van der Waals surface area (Å²) < 4.78 is 0. The Balaban J connectivity index is 2.87. The summed E-state index contributed by atoms with van der Waals surface area (Å²) in [5.41, 5.74) is -0.0799. The average molecular weight is 333 g/mol. The van der Waals surface area contributed by atoms with Gasteiger partial charge in [0.15, 0.2) is 0 Å². The monoisotopic (exact) mass is 332 g/mol. The second kappa shape index (κ2) is 8.10. The van der Waals surface area contributed by atoms with Crippen molar-refractivity contribution in [1.82, 2.24) is 4.90 Å². The Kier molecular flexibility index (Phi) is 6.78. The molecule has 0 heterocycles. The summed E-state index contributed by atoms with van der Waals surface area (Å²) in [4.78, 5) is 24.7. The minimum absolute atomic E-state index is 0.0564. The molecule has 1 aromatic carbocycles. The molecular formula is C14H18Cl2N2O3. The van der Waals surface area contributed by atoms with E-state index in [1.807, 2.05) is 0 Å². The van der Waals surface area contributed by atoms with Crippen molar-refractivity contribution in [3.8, 4) is 0 Å². The minimum atomic E-state index is -1.21. The normalized spacial score (nSPS) is 10.3. The summed E-state index contributed by atoms with van der Waals surface area (Å²) in [7, 11) is 1.65. The maximum Gasteiger partial charge on any atom is 0.337 e. The van der Waals surface area contributed by atoms with Crippen LogP contribution in [-0.2, 0) is 0 Å². The Labute approximate surface area is 133 Å². The molecule has 0 bridgehead atoms. The number of unbranched alkanes of at least 4 members (excludes halogenated alkanes) is 2. The predicted molar refractivity (Wildman–Crippen MR) is 84.6 cm³/mol. The third kappa shape index (κ3) is 5.10. The number of aromatic carboxylic acids is 1. The van der Waals surface area contributed by atoms with Gasteiger partial charge in [0, 0.05) is 18.6 Å². The van der Waals surface area contributed by atoms with Crippen molar-refractivity contribution in [2.45, 2.75) is 26.2 Å². The Bertz CT molecular complexity index is 535. The predicted octanol–water partition coefficient (Wildman–Crippen LogP) is 4.35. The van der Waals surface area contributed by atoms with E-state index in [9.17, 15) is 9.59 Å². The largest absolute Gasteiger partial charge is 0.478 e. The van der Waals surface area contributed by atoms with Gasteiger partial charge in [-0.3, -0.25) is 0 Å². The van der Waals surface area contributed by atoms with Crippen LogP contribution in [0.25, 0.3) is 0 Å². The van der Waals surface area contributed by atoms with E-state index < -0.39 is 12.0 Å². The number of rotatable bonds is 6. The molecule has 0 saturated carbocycles. The van der Waals surface area contributed by atoms with Crippen molar-refractivity contribution in [2.75, 3.05) is 18.9 Å². The number of nitrogens with one attached hydrogen (secondary N) is 1. The SMILES string of the molecule is CCCCCN(C)C(=O)Nc1c(Cl)cc(Cl)cc1C(=O)O. The number of benzene rings is 1. The number of carboxylic acids is 1. The molecule has 0 saturated heterocycles. The summed E-state index contributed by atoms with van der Waals surface area (Å²) in [6, 6.07) is 2.24. The number of hydrogen-bond acceptors (Lipinski definition) is 2. The van der Waals surface area contributed by atoms with Gasteiger partial charge in [-0.15, -0.1) is 0 Å². The molecule has 2 amide bonds. The van der Waals surface area contributed by atoms with Gasteiger partial charge in [0.25, 0.3) is 0 Å². The number of halogens is 2. The number of anilines is 1. The molecule has 7 heteroatoms. The highest BCUT2D eigenvalue weighted by molar-refractivity contribution is 6.37. The van der Waals surface area contributed by atoms with Crippen molar-refractivity contribution in [3.05, 3.63) is 27.7 Å². The zero-order chi connectivity index (χ0) is 16.0. The molecule has 0 fully saturated rings. The second-order valence-electron chi connectivity index (χ2n) is 4.67. The highest BCUT2D eigenvalue weighted by atomic mass is 35.5. The molecule has 0 atom stereocenters. The molecule has 1 rings (SSSR count). The number of nitrogens with zero attached hydrogens (tertiary/aromatic N) is 1. The summed E-state index contributed by atoms with van der Waals surface area (Å²) in [6.07, 6.45) is 2.97. The summed E-state index contributed by atoms with van der Waals surface area (Å²) in [5, 5.41) is 12.0. The molecule has 21 heavy (non-hydrogen) atoms. The lowest BCUT2D eigenvalue weighted by Crippen LogP contribution is -2.32. The van der Waals surface area contributed by atoms with Crippen molar-refractivity contribution >= 4 is 40.9 Å². The Morgan fingerprint density at radius 3 is 2.52 bits per heavy atom. The van der Waals surface area contributed by atoms with E-state index >= 15 is 0 Å². The van der Waals surface area contributed by atoms with Crippen LogP contribution in [0.2, 0.25) is 10.0 Å². The summed E-state index contributed by atoms with van der Waals surface area (Å²) in [5.74, 6) is -1.21. The molecular weight excluding hydrogens is 315 g/mol. The number of carboxylic acid groups (broad SMARTS) is 1. The smallest absolute Gasteiger partial charge is 0.337 e. The summed E-state index contributed by atoms with van der Waals surface area (Å²) >= 11 is 11.8. The van der Waals surface area contributed by atoms with E-state index in [0.29, 0.717) is 6.54 Å². The van der Waals surface area contributed by atoms with E-state index in [2.05, 4.69) is 12.2 Å². The third-order valence-electron chi connectivity index (χ3n) is 2.96. The van der Waals surface area contributed by atoms with Crippen LogP contribution in [0.5, 0.6) is 0 Å². The van der Waals surface area contributed by atoms with Gasteiger partial charge in [0.2, 0.25) is 0 Å². The number of hydrogen-bond donors (Lipinski definition) is 2. The van der Waals surface area contributed by atoms with E-state index in [-0.39, 0.29) is 21.3 Å². The molecule has 1 aromatic rings. The lowest BCUT2D eigenvalue weighted by Gasteiger charge is -2.19. The third-order valence-corrected chi connectivity index (χ3v) is 3.48. The van der Waals surface area contributed by atoms with Crippen LogP contribution in [0.3, 0.4) is 0 Å². The first-order valence-electron chi connectivity index (χ1n) is 6.61. The molecule has 0 aliphatic heterocycles. The quantitative estimate of drug-likeness (QED) is 0.761. The number of urea groups is 1. The van der Waals surface area contributed by atoms with E-state index in [0.717, 1.165) is 19.3 Å². The lowest BCUT2D eigenvalue weighted by atomic mass is 10.2. The van der Waals surface area contributed by atoms with Crippen LogP contribution in [-0.4, -0.2) is 35.6 Å². The number of amides is 2. The fraction of sp³-hybridized carbons (Fsp3) is 0.429. The highest BCUT2D eigenvalue weighted by Crippen LogP contribution is 2.30. The van der Waals surface area contributed by atoms with Gasteiger partial charge >= 0.3 is 12.0 Å². The second-order valence-corrected chi connectivity index (χ2v) is 5.52. The first-order chi connectivity index (χ1) is 9.86. The fourth-order valence-electron chi connectivity index (χ4n) is 1.77. The fourth-order valence-corrected chi connectivity index (χ4v) is 2.31. The van der Waals surface area contributed by atoms with Gasteiger partial charge in [-0.2, -0.15) is 0 Å². The number of carbonyl (C=O) groups excluding carboxylic acids is 1. The van der Waals surface area contributed by atoms with Crippen molar-refractivity contribution < 1.29 is 14.7 Å². The van der Waals surface area contributed by atoms with Crippen LogP contribution in [0.4, 0.5) is 10.5 Å². The molecule has 0 aliphatic rings. The van der Waals surface area contributed by atoms with Crippen molar-refractivity contribution in [1.29, 1.82) is 0 Å². The highest BCUT2D eigenvalue weighted by Gasteiger charge is 2.18. The van der Waals surface area contributed by atoms with Gasteiger partial charge in [-0.25, -0.2) is 9.59 Å². The van der Waals surface area contributed by atoms with Gasteiger partial charge < -0.3 is 15.3 Å². The standard InChI is InChI=1S/C14H18Cl2N2O3/c1-3-4-5-6-18(2)14(21)17-12-10(13(19)20)7-9(15)8-11(12)16/h7-8H,3-6H2,1-2H3,(H,17,21)(H,19,20). The molecule has 116 valence electrons. The van der Waals surface area contributed by atoms with Crippen LogP contribution < -0.4 is 5.32 Å². The van der Waals surface area contributed by atoms with E-state index in [1.54, 1.807) is 7.05 Å². The molecule has 0 radical (unpaired) electrons. The zero-order valence-electron chi connectivity index (χ0n) is 11.9. The van der Waals surface area contributed by atoms with Crippen molar-refractivity contribution in [2.24, 2.45) is 0 Å². The maximum atomic E-state index is 12.0. The lowest BCUT2D eigenvalue weighted by molar-refractivity contribution is 0.0698. The topological polar surface area (TPSA) is 69.6 Å². The Morgan fingerprint density at radius 1 is 1.29 bits per heavy atom. The van der Waals surface area contributed by atoms with Crippen LogP contribution >= 0.6 is 23.2 Å². The Hall–Kier alpha value is -1.46. The first-order valence-corrected chi connectivity index (χ1v) is 7.36. The van der Waals surface area contributed by atoms with Crippen LogP contribution in [0.15, 0.2) is 12.1 Å². The van der Waals surface area contributed by atoms with Gasteiger partial charge in [0.1, 0.15) is 0 Å². The molecule has 5 nitrogen and oxygen atoms in total. The van der Waals surface area contributed by atoms with Gasteiger partial charge in [-0.05, 0) is 18.6 Å². The van der Waals surface area contributed by atoms with Gasteiger partial charge in [-0.1, -0.05) is 43.0 Å². The van der Waals surface area contributed by atoms with E-state index in [4.69, 9.17) is 28.3 Å². The van der Waals surface area contributed by atoms with Crippen LogP contribution in [0.1, 0.15) is 36.5 Å². The van der Waals surface area contributed by atoms with Gasteiger partial charge in [0.05, 0.1) is 16.3 Å². The molecule has 0 spiro atoms. The first kappa shape index (κ1) is 17.6. The van der Waals surface area contributed by atoms with E-state index in [1.165, 1.54) is 17.0 Å². The Morgan fingerprint density at radius 2 is 1.95 bits per heavy atom. The molecule has 0 unspecified atom stereocenters. The molecule has 0 aromatic heterocycles.